The quantitative estimate of drug-likeness (QED) is 0.498. The molecule has 0 bridgehead atoms. The van der Waals surface area contributed by atoms with Crippen molar-refractivity contribution in [2.24, 2.45) is 5.10 Å². The van der Waals surface area contributed by atoms with Crippen LogP contribution in [0.2, 0.25) is 0 Å². The molecule has 6 nitrogen and oxygen atoms in total. The molecule has 0 saturated heterocycles. The fourth-order valence-electron chi connectivity index (χ4n) is 2.83. The molecule has 0 spiro atoms. The molecule has 0 atom stereocenters. The third kappa shape index (κ3) is 4.23. The van der Waals surface area contributed by atoms with Crippen molar-refractivity contribution in [1.82, 2.24) is 5.43 Å². The molecule has 3 rings (SSSR count). The molecule has 0 aliphatic carbocycles. The average molecular weight is 378 g/mol. The largest absolute Gasteiger partial charge is 0.496 e. The van der Waals surface area contributed by atoms with Gasteiger partial charge in [0.2, 0.25) is 0 Å². The van der Waals surface area contributed by atoms with Gasteiger partial charge >= 0.3 is 0 Å². The number of nitrogens with one attached hydrogen (secondary N) is 1. The van der Waals surface area contributed by atoms with Gasteiger partial charge in [0.25, 0.3) is 5.91 Å². The van der Waals surface area contributed by atoms with Gasteiger partial charge in [-0.1, -0.05) is 24.3 Å². The molecule has 0 saturated carbocycles. The monoisotopic (exact) mass is 378 g/mol. The van der Waals surface area contributed by atoms with Crippen LogP contribution in [0.4, 0.5) is 0 Å². The summed E-state index contributed by atoms with van der Waals surface area (Å²) in [6, 6.07) is 16.8. The number of hydrogen-bond acceptors (Lipinski definition) is 5. The summed E-state index contributed by atoms with van der Waals surface area (Å²) in [5.74, 6) is 1.41. The predicted octanol–water partition coefficient (Wildman–Crippen LogP) is 4.02. The third-order valence-electron chi connectivity index (χ3n) is 4.18. The van der Waals surface area contributed by atoms with E-state index in [1.165, 1.54) is 7.11 Å². The van der Waals surface area contributed by atoms with Crippen molar-refractivity contribution in [3.05, 3.63) is 65.7 Å². The highest BCUT2D eigenvalue weighted by atomic mass is 16.5. The van der Waals surface area contributed by atoms with Crippen LogP contribution in [0.3, 0.4) is 0 Å². The van der Waals surface area contributed by atoms with E-state index in [0.717, 1.165) is 16.3 Å². The smallest absolute Gasteiger partial charge is 0.275 e. The van der Waals surface area contributed by atoms with Gasteiger partial charge in [-0.2, -0.15) is 5.10 Å². The van der Waals surface area contributed by atoms with Crippen LogP contribution in [0.15, 0.2) is 59.7 Å². The lowest BCUT2D eigenvalue weighted by atomic mass is 10.1. The van der Waals surface area contributed by atoms with Crippen LogP contribution in [0.25, 0.3) is 10.8 Å². The number of nitrogens with zero attached hydrogens (tertiary/aromatic N) is 1. The average Bonchev–Trinajstić information content (AvgIpc) is 2.73. The Bertz CT molecular complexity index is 1010. The summed E-state index contributed by atoms with van der Waals surface area (Å²) >= 11 is 0. The molecule has 28 heavy (non-hydrogen) atoms. The van der Waals surface area contributed by atoms with Crippen molar-refractivity contribution >= 4 is 22.9 Å². The second-order valence-electron chi connectivity index (χ2n) is 5.94. The first-order chi connectivity index (χ1) is 13.7. The van der Waals surface area contributed by atoms with E-state index in [1.807, 2.05) is 43.3 Å². The van der Waals surface area contributed by atoms with E-state index in [0.29, 0.717) is 29.4 Å². The van der Waals surface area contributed by atoms with E-state index in [1.54, 1.807) is 31.5 Å². The predicted molar refractivity (Wildman–Crippen MR) is 110 cm³/mol. The van der Waals surface area contributed by atoms with Crippen molar-refractivity contribution < 1.29 is 19.0 Å². The molecule has 0 unspecified atom stereocenters. The van der Waals surface area contributed by atoms with Gasteiger partial charge < -0.3 is 14.2 Å². The minimum absolute atomic E-state index is 0.350. The minimum Gasteiger partial charge on any atom is -0.496 e. The zero-order valence-electron chi connectivity index (χ0n) is 16.1. The van der Waals surface area contributed by atoms with Gasteiger partial charge in [-0.05, 0) is 53.6 Å². The first-order valence-electron chi connectivity index (χ1n) is 8.87. The number of carbonyl (C=O) groups excluding carboxylic acids is 1. The van der Waals surface area contributed by atoms with Crippen LogP contribution in [-0.4, -0.2) is 32.9 Å². The number of amides is 1. The van der Waals surface area contributed by atoms with Crippen molar-refractivity contribution in [1.29, 1.82) is 0 Å². The second kappa shape index (κ2) is 8.90. The highest BCUT2D eigenvalue weighted by Crippen LogP contribution is 2.28. The maximum Gasteiger partial charge on any atom is 0.275 e. The zero-order valence-corrected chi connectivity index (χ0v) is 16.1. The van der Waals surface area contributed by atoms with Gasteiger partial charge in [0.05, 0.1) is 32.6 Å². The Balaban J connectivity index is 1.77. The number of fused-ring (bicyclic) bond motifs is 1. The SMILES string of the molecule is CCOc1ccc(/C=N\NC(=O)c2cc3ccccc3cc2OC)cc1OC. The number of benzene rings is 3. The molecule has 3 aromatic carbocycles. The van der Waals surface area contributed by atoms with Gasteiger partial charge in [-0.25, -0.2) is 5.43 Å². The maximum atomic E-state index is 12.6. The lowest BCUT2D eigenvalue weighted by molar-refractivity contribution is 0.0952. The van der Waals surface area contributed by atoms with E-state index in [9.17, 15) is 4.79 Å². The van der Waals surface area contributed by atoms with Gasteiger partial charge in [-0.3, -0.25) is 4.79 Å². The molecule has 0 aliphatic heterocycles. The van der Waals surface area contributed by atoms with Crippen LogP contribution in [0, 0.1) is 0 Å². The molecule has 0 aromatic heterocycles. The Morgan fingerprint density at radius 2 is 1.68 bits per heavy atom. The van der Waals surface area contributed by atoms with Crippen molar-refractivity contribution in [3.63, 3.8) is 0 Å². The van der Waals surface area contributed by atoms with Gasteiger partial charge in [0, 0.05) is 0 Å². The molecule has 3 aromatic rings. The number of hydrazone groups is 1. The van der Waals surface area contributed by atoms with Crippen LogP contribution in [0.5, 0.6) is 17.2 Å². The lowest BCUT2D eigenvalue weighted by Crippen LogP contribution is -2.18. The molecule has 1 amide bonds. The summed E-state index contributed by atoms with van der Waals surface area (Å²) in [6.07, 6.45) is 1.55. The lowest BCUT2D eigenvalue weighted by Gasteiger charge is -2.10. The number of hydrogen-bond donors (Lipinski definition) is 1. The molecule has 0 radical (unpaired) electrons. The standard InChI is InChI=1S/C22H22N2O4/c1-4-28-19-10-9-15(11-21(19)27-3)14-23-24-22(25)18-12-16-7-5-6-8-17(16)13-20(18)26-2/h5-14H,4H2,1-3H3,(H,24,25)/b23-14-. The molecule has 0 heterocycles. The highest BCUT2D eigenvalue weighted by molar-refractivity contribution is 6.02. The van der Waals surface area contributed by atoms with Crippen LogP contribution < -0.4 is 19.6 Å². The third-order valence-corrected chi connectivity index (χ3v) is 4.18. The summed E-state index contributed by atoms with van der Waals surface area (Å²) < 4.78 is 16.2. The number of methoxy groups -OCH3 is 2. The van der Waals surface area contributed by atoms with Crippen molar-refractivity contribution in [3.8, 4) is 17.2 Å². The summed E-state index contributed by atoms with van der Waals surface area (Å²) in [7, 11) is 3.11. The second-order valence-corrected chi connectivity index (χ2v) is 5.94. The summed E-state index contributed by atoms with van der Waals surface area (Å²) in [5.41, 5.74) is 3.73. The molecule has 1 N–H and O–H groups in total. The fraction of sp³-hybridized carbons (Fsp3) is 0.182. The molecular weight excluding hydrogens is 356 g/mol. The number of rotatable bonds is 7. The molecule has 0 aliphatic rings. The molecule has 144 valence electrons. The molecular formula is C22H22N2O4. The number of ether oxygens (including phenoxy) is 3. The Kier molecular flexibility index (Phi) is 6.11. The van der Waals surface area contributed by atoms with E-state index < -0.39 is 0 Å². The Hall–Kier alpha value is -3.54. The zero-order chi connectivity index (χ0) is 19.9. The van der Waals surface area contributed by atoms with E-state index in [4.69, 9.17) is 14.2 Å². The Labute approximate surface area is 163 Å². The Morgan fingerprint density at radius 3 is 2.36 bits per heavy atom. The Morgan fingerprint density at radius 1 is 0.964 bits per heavy atom. The summed E-state index contributed by atoms with van der Waals surface area (Å²) in [4.78, 5) is 12.6. The first-order valence-corrected chi connectivity index (χ1v) is 8.87. The molecule has 0 fully saturated rings. The maximum absolute atomic E-state index is 12.6. The summed E-state index contributed by atoms with van der Waals surface area (Å²) in [6.45, 7) is 2.46. The van der Waals surface area contributed by atoms with Crippen molar-refractivity contribution in [2.45, 2.75) is 6.92 Å². The minimum atomic E-state index is -0.350. The van der Waals surface area contributed by atoms with Gasteiger partial charge in [0.15, 0.2) is 11.5 Å². The van der Waals surface area contributed by atoms with Crippen LogP contribution >= 0.6 is 0 Å². The normalized spacial score (nSPS) is 10.8. The van der Waals surface area contributed by atoms with E-state index in [-0.39, 0.29) is 5.91 Å². The summed E-state index contributed by atoms with van der Waals surface area (Å²) in [5, 5.41) is 6.00. The first kappa shape index (κ1) is 19.2. The van der Waals surface area contributed by atoms with Gasteiger partial charge in [0.1, 0.15) is 5.75 Å². The van der Waals surface area contributed by atoms with Crippen molar-refractivity contribution in [2.75, 3.05) is 20.8 Å². The van der Waals surface area contributed by atoms with E-state index in [2.05, 4.69) is 10.5 Å². The molecule has 6 heteroatoms. The van der Waals surface area contributed by atoms with E-state index >= 15 is 0 Å². The number of carbonyl (C=O) groups is 1. The van der Waals surface area contributed by atoms with Crippen LogP contribution in [0.1, 0.15) is 22.8 Å². The fourth-order valence-corrected chi connectivity index (χ4v) is 2.83. The highest BCUT2D eigenvalue weighted by Gasteiger charge is 2.13. The van der Waals surface area contributed by atoms with Gasteiger partial charge in [-0.15, -0.1) is 0 Å². The van der Waals surface area contributed by atoms with Crippen LogP contribution in [-0.2, 0) is 0 Å². The topological polar surface area (TPSA) is 69.2 Å².